The number of nitrogens with zero attached hydrogens (tertiary/aromatic N) is 1. The van der Waals surface area contributed by atoms with Gasteiger partial charge < -0.3 is 11.1 Å². The Bertz CT molecular complexity index is 232. The van der Waals surface area contributed by atoms with Gasteiger partial charge in [-0.2, -0.15) is 0 Å². The number of rotatable bonds is 5. The molecule has 0 aromatic heterocycles. The second-order valence-corrected chi connectivity index (χ2v) is 3.99. The summed E-state index contributed by atoms with van der Waals surface area (Å²) in [7, 11) is 0. The SMILES string of the molecule is CCNC(=O)CCN=C(N)C1CCCC1. The van der Waals surface area contributed by atoms with Crippen molar-refractivity contribution in [1.82, 2.24) is 5.32 Å². The van der Waals surface area contributed by atoms with Gasteiger partial charge in [0, 0.05) is 25.4 Å². The van der Waals surface area contributed by atoms with Crippen LogP contribution >= 0.6 is 0 Å². The molecule has 4 nitrogen and oxygen atoms in total. The summed E-state index contributed by atoms with van der Waals surface area (Å²) >= 11 is 0. The van der Waals surface area contributed by atoms with Gasteiger partial charge in [-0.25, -0.2) is 0 Å². The molecule has 15 heavy (non-hydrogen) atoms. The molecule has 0 spiro atoms. The summed E-state index contributed by atoms with van der Waals surface area (Å²) in [5, 5.41) is 2.74. The molecule has 1 amide bonds. The van der Waals surface area contributed by atoms with Crippen LogP contribution in [-0.2, 0) is 4.79 Å². The Labute approximate surface area is 91.3 Å². The molecule has 1 aliphatic carbocycles. The highest BCUT2D eigenvalue weighted by molar-refractivity contribution is 5.83. The quantitative estimate of drug-likeness (QED) is 0.527. The smallest absolute Gasteiger partial charge is 0.221 e. The third kappa shape index (κ3) is 4.32. The molecule has 0 unspecified atom stereocenters. The maximum Gasteiger partial charge on any atom is 0.221 e. The third-order valence-corrected chi connectivity index (χ3v) is 2.78. The van der Waals surface area contributed by atoms with E-state index in [2.05, 4.69) is 10.3 Å². The number of hydrogen-bond donors (Lipinski definition) is 2. The van der Waals surface area contributed by atoms with Crippen LogP contribution in [0.15, 0.2) is 4.99 Å². The fraction of sp³-hybridized carbons (Fsp3) is 0.818. The lowest BCUT2D eigenvalue weighted by Gasteiger charge is -2.07. The fourth-order valence-electron chi connectivity index (χ4n) is 1.92. The van der Waals surface area contributed by atoms with E-state index < -0.39 is 0 Å². The van der Waals surface area contributed by atoms with E-state index >= 15 is 0 Å². The minimum Gasteiger partial charge on any atom is -0.387 e. The van der Waals surface area contributed by atoms with Crippen molar-refractivity contribution >= 4 is 11.7 Å². The van der Waals surface area contributed by atoms with Gasteiger partial charge in [-0.15, -0.1) is 0 Å². The van der Waals surface area contributed by atoms with Gasteiger partial charge in [-0.05, 0) is 19.8 Å². The molecule has 0 aliphatic heterocycles. The summed E-state index contributed by atoms with van der Waals surface area (Å²) < 4.78 is 0. The molecule has 0 heterocycles. The number of carbonyl (C=O) groups excluding carboxylic acids is 1. The van der Waals surface area contributed by atoms with Gasteiger partial charge >= 0.3 is 0 Å². The van der Waals surface area contributed by atoms with Crippen LogP contribution < -0.4 is 11.1 Å². The van der Waals surface area contributed by atoms with Gasteiger partial charge in [0.2, 0.25) is 5.91 Å². The van der Waals surface area contributed by atoms with Crippen LogP contribution in [0.25, 0.3) is 0 Å². The van der Waals surface area contributed by atoms with Crippen molar-refractivity contribution in [2.75, 3.05) is 13.1 Å². The molecule has 4 heteroatoms. The number of amidine groups is 1. The maximum absolute atomic E-state index is 11.1. The molecule has 0 saturated heterocycles. The lowest BCUT2D eigenvalue weighted by atomic mass is 10.1. The monoisotopic (exact) mass is 211 g/mol. The summed E-state index contributed by atoms with van der Waals surface area (Å²) in [6.07, 6.45) is 5.29. The van der Waals surface area contributed by atoms with Crippen molar-refractivity contribution in [2.24, 2.45) is 16.6 Å². The van der Waals surface area contributed by atoms with Crippen LogP contribution in [0.4, 0.5) is 0 Å². The average Bonchev–Trinajstić information content (AvgIpc) is 2.70. The van der Waals surface area contributed by atoms with Crippen molar-refractivity contribution in [1.29, 1.82) is 0 Å². The molecule has 1 saturated carbocycles. The van der Waals surface area contributed by atoms with Crippen LogP contribution in [-0.4, -0.2) is 24.8 Å². The zero-order valence-corrected chi connectivity index (χ0v) is 9.46. The summed E-state index contributed by atoms with van der Waals surface area (Å²) in [6.45, 7) is 3.11. The van der Waals surface area contributed by atoms with E-state index in [1.165, 1.54) is 12.8 Å². The zero-order valence-electron chi connectivity index (χ0n) is 9.46. The first-order chi connectivity index (χ1) is 7.24. The molecule has 1 rings (SSSR count). The Kier molecular flexibility index (Phi) is 5.15. The van der Waals surface area contributed by atoms with Crippen LogP contribution in [0.3, 0.4) is 0 Å². The molecule has 0 atom stereocenters. The van der Waals surface area contributed by atoms with Gasteiger partial charge in [0.25, 0.3) is 0 Å². The van der Waals surface area contributed by atoms with Crippen LogP contribution in [0.5, 0.6) is 0 Å². The second kappa shape index (κ2) is 6.43. The highest BCUT2D eigenvalue weighted by atomic mass is 16.1. The predicted molar refractivity (Wildman–Crippen MR) is 61.7 cm³/mol. The van der Waals surface area contributed by atoms with E-state index in [1.54, 1.807) is 0 Å². The number of nitrogens with one attached hydrogen (secondary N) is 1. The summed E-state index contributed by atoms with van der Waals surface area (Å²) in [4.78, 5) is 15.4. The Hall–Kier alpha value is -1.06. The minimum absolute atomic E-state index is 0.0560. The molecule has 3 N–H and O–H groups in total. The molecular formula is C11H21N3O. The van der Waals surface area contributed by atoms with Gasteiger partial charge in [0.05, 0.1) is 5.84 Å². The third-order valence-electron chi connectivity index (χ3n) is 2.78. The van der Waals surface area contributed by atoms with E-state index in [1.807, 2.05) is 6.92 Å². The maximum atomic E-state index is 11.1. The van der Waals surface area contributed by atoms with Gasteiger partial charge in [0.15, 0.2) is 0 Å². The molecule has 0 bridgehead atoms. The van der Waals surface area contributed by atoms with E-state index in [-0.39, 0.29) is 5.91 Å². The molecular weight excluding hydrogens is 190 g/mol. The lowest BCUT2D eigenvalue weighted by molar-refractivity contribution is -0.120. The molecule has 0 aromatic carbocycles. The number of carbonyl (C=O) groups is 1. The van der Waals surface area contributed by atoms with Crippen molar-refractivity contribution in [3.05, 3.63) is 0 Å². The first kappa shape index (κ1) is 12.0. The number of aliphatic imine (C=N–C) groups is 1. The standard InChI is InChI=1S/C11H21N3O/c1-2-13-10(15)7-8-14-11(12)9-5-3-4-6-9/h9H,2-8H2,1H3,(H2,12,14)(H,13,15). The van der Waals surface area contributed by atoms with Crippen molar-refractivity contribution in [3.8, 4) is 0 Å². The molecule has 1 aliphatic rings. The number of amides is 1. The Morgan fingerprint density at radius 3 is 2.73 bits per heavy atom. The van der Waals surface area contributed by atoms with Crippen LogP contribution in [0.2, 0.25) is 0 Å². The van der Waals surface area contributed by atoms with Gasteiger partial charge in [0.1, 0.15) is 0 Å². The first-order valence-electron chi connectivity index (χ1n) is 5.80. The molecule has 1 fully saturated rings. The fourth-order valence-corrected chi connectivity index (χ4v) is 1.92. The Balaban J connectivity index is 2.21. The van der Waals surface area contributed by atoms with Gasteiger partial charge in [-0.3, -0.25) is 9.79 Å². The van der Waals surface area contributed by atoms with E-state index in [0.29, 0.717) is 25.4 Å². The van der Waals surface area contributed by atoms with Crippen LogP contribution in [0, 0.1) is 5.92 Å². The van der Waals surface area contributed by atoms with Crippen molar-refractivity contribution in [2.45, 2.75) is 39.0 Å². The largest absolute Gasteiger partial charge is 0.387 e. The number of hydrogen-bond acceptors (Lipinski definition) is 2. The molecule has 0 radical (unpaired) electrons. The topological polar surface area (TPSA) is 67.5 Å². The summed E-state index contributed by atoms with van der Waals surface area (Å²) in [5.74, 6) is 1.27. The average molecular weight is 211 g/mol. The second-order valence-electron chi connectivity index (χ2n) is 3.99. The summed E-state index contributed by atoms with van der Waals surface area (Å²) in [5.41, 5.74) is 5.86. The van der Waals surface area contributed by atoms with E-state index in [4.69, 9.17) is 5.73 Å². The normalized spacial score (nSPS) is 18.1. The van der Waals surface area contributed by atoms with Crippen molar-refractivity contribution in [3.63, 3.8) is 0 Å². The lowest BCUT2D eigenvalue weighted by Crippen LogP contribution is -2.25. The van der Waals surface area contributed by atoms with Gasteiger partial charge in [-0.1, -0.05) is 12.8 Å². The summed E-state index contributed by atoms with van der Waals surface area (Å²) in [6, 6.07) is 0. The predicted octanol–water partition coefficient (Wildman–Crippen LogP) is 1.06. The van der Waals surface area contributed by atoms with E-state index in [0.717, 1.165) is 18.7 Å². The number of nitrogens with two attached hydrogens (primary N) is 1. The zero-order chi connectivity index (χ0) is 11.1. The molecule has 0 aromatic rings. The molecule has 86 valence electrons. The van der Waals surface area contributed by atoms with Crippen molar-refractivity contribution < 1.29 is 4.79 Å². The highest BCUT2D eigenvalue weighted by Crippen LogP contribution is 2.24. The van der Waals surface area contributed by atoms with E-state index in [9.17, 15) is 4.79 Å². The Morgan fingerprint density at radius 1 is 1.47 bits per heavy atom. The Morgan fingerprint density at radius 2 is 2.13 bits per heavy atom. The first-order valence-corrected chi connectivity index (χ1v) is 5.80. The van der Waals surface area contributed by atoms with Crippen LogP contribution in [0.1, 0.15) is 39.0 Å². The highest BCUT2D eigenvalue weighted by Gasteiger charge is 2.18. The minimum atomic E-state index is 0.0560.